The van der Waals surface area contributed by atoms with Gasteiger partial charge in [-0.2, -0.15) is 9.78 Å². The number of benzene rings is 3. The second kappa shape index (κ2) is 9.79. The highest BCUT2D eigenvalue weighted by atomic mass is 79.9. The maximum absolute atomic E-state index is 13.5. The van der Waals surface area contributed by atoms with Gasteiger partial charge in [-0.25, -0.2) is 4.98 Å². The van der Waals surface area contributed by atoms with E-state index in [2.05, 4.69) is 21.0 Å². The summed E-state index contributed by atoms with van der Waals surface area (Å²) in [5.74, 6) is 1.57. The zero-order valence-corrected chi connectivity index (χ0v) is 22.0. The van der Waals surface area contributed by atoms with Crippen LogP contribution in [0.15, 0.2) is 79.4 Å². The van der Waals surface area contributed by atoms with Crippen LogP contribution in [0.3, 0.4) is 0 Å². The number of hydrogen-bond acceptors (Lipinski definition) is 6. The largest absolute Gasteiger partial charge is 0.493 e. The highest BCUT2D eigenvalue weighted by Gasteiger charge is 2.19. The molecular formula is C27H21BrClN3O4. The molecule has 0 spiro atoms. The first kappa shape index (κ1) is 24.1. The van der Waals surface area contributed by atoms with Gasteiger partial charge in [-0.3, -0.25) is 4.79 Å². The van der Waals surface area contributed by atoms with E-state index < -0.39 is 0 Å². The van der Waals surface area contributed by atoms with E-state index in [0.717, 1.165) is 5.39 Å². The molecule has 9 heteroatoms. The molecule has 7 nitrogen and oxygen atoms in total. The van der Waals surface area contributed by atoms with Crippen LogP contribution < -0.4 is 15.0 Å². The molecule has 0 aliphatic carbocycles. The molecule has 0 atom stereocenters. The van der Waals surface area contributed by atoms with Crippen LogP contribution in [0.2, 0.25) is 5.02 Å². The molecule has 0 bridgehead atoms. The Hall–Kier alpha value is -3.62. The molecule has 0 unspecified atom stereocenters. The Labute approximate surface area is 220 Å². The summed E-state index contributed by atoms with van der Waals surface area (Å²) in [7, 11) is 1.53. The van der Waals surface area contributed by atoms with Crippen molar-refractivity contribution < 1.29 is 13.9 Å². The number of ether oxygens (including phenoxy) is 2. The molecule has 5 rings (SSSR count). The zero-order valence-electron chi connectivity index (χ0n) is 19.7. The topological polar surface area (TPSA) is 78.9 Å². The van der Waals surface area contributed by atoms with Gasteiger partial charge in [-0.1, -0.05) is 41.9 Å². The van der Waals surface area contributed by atoms with E-state index in [-0.39, 0.29) is 17.5 Å². The molecule has 2 heterocycles. The Bertz CT molecular complexity index is 1660. The molecule has 0 saturated carbocycles. The highest BCUT2D eigenvalue weighted by molar-refractivity contribution is 9.10. The van der Waals surface area contributed by atoms with Gasteiger partial charge in [-0.05, 0) is 60.1 Å². The van der Waals surface area contributed by atoms with Crippen LogP contribution in [-0.2, 0) is 0 Å². The number of para-hydroxylation sites is 2. The van der Waals surface area contributed by atoms with Crippen molar-refractivity contribution in [3.05, 3.63) is 86.1 Å². The first-order valence-corrected chi connectivity index (χ1v) is 12.3. The van der Waals surface area contributed by atoms with E-state index in [4.69, 9.17) is 30.5 Å². The smallest absolute Gasteiger partial charge is 0.282 e. The Morgan fingerprint density at radius 1 is 1.14 bits per heavy atom. The number of methoxy groups -OCH3 is 1. The van der Waals surface area contributed by atoms with E-state index in [1.807, 2.05) is 50.2 Å². The summed E-state index contributed by atoms with van der Waals surface area (Å²) in [4.78, 5) is 18.2. The third-order valence-corrected chi connectivity index (χ3v) is 6.88. The summed E-state index contributed by atoms with van der Waals surface area (Å²) >= 11 is 10.1. The van der Waals surface area contributed by atoms with Crippen LogP contribution in [0.4, 0.5) is 0 Å². The molecule has 5 aromatic rings. The monoisotopic (exact) mass is 565 g/mol. The van der Waals surface area contributed by atoms with Gasteiger partial charge in [-0.15, -0.1) is 0 Å². The molecule has 0 aliphatic heterocycles. The first-order valence-electron chi connectivity index (χ1n) is 11.1. The fourth-order valence-corrected chi connectivity index (χ4v) is 4.44. The van der Waals surface area contributed by atoms with Gasteiger partial charge in [0.05, 0.1) is 30.3 Å². The number of fused-ring (bicyclic) bond motifs is 2. The van der Waals surface area contributed by atoms with Crippen LogP contribution >= 0.6 is 27.5 Å². The first-order chi connectivity index (χ1) is 17.4. The minimum absolute atomic E-state index is 0.101. The predicted molar refractivity (Wildman–Crippen MR) is 146 cm³/mol. The normalized spacial score (nSPS) is 11.7. The molecule has 2 aromatic heterocycles. The number of furan rings is 1. The van der Waals surface area contributed by atoms with Crippen molar-refractivity contribution in [1.82, 2.24) is 9.66 Å². The lowest BCUT2D eigenvalue weighted by atomic mass is 10.2. The van der Waals surface area contributed by atoms with Crippen LogP contribution in [0.5, 0.6) is 11.5 Å². The quantitative estimate of drug-likeness (QED) is 0.209. The van der Waals surface area contributed by atoms with Crippen molar-refractivity contribution in [3.63, 3.8) is 0 Å². The molecule has 182 valence electrons. The van der Waals surface area contributed by atoms with Gasteiger partial charge in [0, 0.05) is 15.4 Å². The summed E-state index contributed by atoms with van der Waals surface area (Å²) < 4.78 is 19.1. The Kier molecular flexibility index (Phi) is 6.55. The maximum atomic E-state index is 13.5. The van der Waals surface area contributed by atoms with Gasteiger partial charge in [0.15, 0.2) is 17.3 Å². The molecule has 0 amide bonds. The average molecular weight is 567 g/mol. The number of hydrogen-bond donors (Lipinski definition) is 0. The summed E-state index contributed by atoms with van der Waals surface area (Å²) in [6.07, 6.45) is 1.41. The molecule has 3 aromatic carbocycles. The third kappa shape index (κ3) is 4.38. The molecule has 0 N–H and O–H groups in total. The average Bonchev–Trinajstić information content (AvgIpc) is 3.31. The van der Waals surface area contributed by atoms with Crippen LogP contribution in [0.25, 0.3) is 33.5 Å². The van der Waals surface area contributed by atoms with E-state index in [1.54, 1.807) is 24.3 Å². The SMILES string of the molecule is COc1cc(C=Nn2c(-c3cc4ccccc4o3)nc3ccccc3c2=O)c(Br)c(Cl)c1OC(C)C. The highest BCUT2D eigenvalue weighted by Crippen LogP contribution is 2.42. The van der Waals surface area contributed by atoms with E-state index in [9.17, 15) is 4.79 Å². The second-order valence-corrected chi connectivity index (χ2v) is 9.43. The molecular weight excluding hydrogens is 546 g/mol. The molecule has 36 heavy (non-hydrogen) atoms. The minimum atomic E-state index is -0.332. The van der Waals surface area contributed by atoms with Crippen LogP contribution in [-0.4, -0.2) is 29.1 Å². The third-order valence-electron chi connectivity index (χ3n) is 5.44. The van der Waals surface area contributed by atoms with Crippen molar-refractivity contribution in [2.24, 2.45) is 5.10 Å². The van der Waals surface area contributed by atoms with E-state index in [0.29, 0.717) is 48.8 Å². The summed E-state index contributed by atoms with van der Waals surface area (Å²) in [5.41, 5.74) is 1.49. The zero-order chi connectivity index (χ0) is 25.4. The number of nitrogens with zero attached hydrogens (tertiary/aromatic N) is 3. The lowest BCUT2D eigenvalue weighted by Gasteiger charge is -2.17. The second-order valence-electron chi connectivity index (χ2n) is 8.25. The van der Waals surface area contributed by atoms with E-state index >= 15 is 0 Å². The maximum Gasteiger partial charge on any atom is 0.282 e. The Morgan fingerprint density at radius 2 is 1.89 bits per heavy atom. The van der Waals surface area contributed by atoms with Crippen molar-refractivity contribution in [2.75, 3.05) is 7.11 Å². The van der Waals surface area contributed by atoms with Crippen molar-refractivity contribution >= 4 is 55.6 Å². The van der Waals surface area contributed by atoms with Crippen LogP contribution in [0.1, 0.15) is 19.4 Å². The molecule has 0 saturated heterocycles. The molecule has 0 aliphatic rings. The van der Waals surface area contributed by atoms with Crippen molar-refractivity contribution in [1.29, 1.82) is 0 Å². The van der Waals surface area contributed by atoms with Gasteiger partial charge in [0.1, 0.15) is 10.6 Å². The number of aromatic nitrogens is 2. The van der Waals surface area contributed by atoms with Crippen LogP contribution in [0, 0.1) is 0 Å². The van der Waals surface area contributed by atoms with Crippen molar-refractivity contribution in [3.8, 4) is 23.1 Å². The molecule has 0 radical (unpaired) electrons. The minimum Gasteiger partial charge on any atom is -0.493 e. The molecule has 0 fully saturated rings. The summed E-state index contributed by atoms with van der Waals surface area (Å²) in [6.45, 7) is 3.80. The fraction of sp³-hybridized carbons (Fsp3) is 0.148. The lowest BCUT2D eigenvalue weighted by Crippen LogP contribution is -2.20. The Balaban J connectivity index is 1.69. The van der Waals surface area contributed by atoms with Gasteiger partial charge >= 0.3 is 0 Å². The fourth-order valence-electron chi connectivity index (χ4n) is 3.80. The van der Waals surface area contributed by atoms with Crippen molar-refractivity contribution in [2.45, 2.75) is 20.0 Å². The van der Waals surface area contributed by atoms with Gasteiger partial charge < -0.3 is 13.9 Å². The number of halogens is 2. The predicted octanol–water partition coefficient (Wildman–Crippen LogP) is 6.90. The van der Waals surface area contributed by atoms with Gasteiger partial charge in [0.2, 0.25) is 5.82 Å². The van der Waals surface area contributed by atoms with Gasteiger partial charge in [0.25, 0.3) is 5.56 Å². The number of rotatable bonds is 6. The standard InChI is InChI=1S/C27H21BrClN3O4/c1-15(2)35-25-21(34-3)13-17(23(28)24(25)29)14-30-32-26(22-12-16-8-4-7-11-20(16)36-22)31-19-10-6-5-9-18(19)27(32)33/h4-15H,1-3H3. The summed E-state index contributed by atoms with van der Waals surface area (Å²) in [5, 5.41) is 6.18. The van der Waals surface area contributed by atoms with E-state index in [1.165, 1.54) is 18.0 Å². The lowest BCUT2D eigenvalue weighted by molar-refractivity contribution is 0.230. The Morgan fingerprint density at radius 3 is 2.64 bits per heavy atom. The summed E-state index contributed by atoms with van der Waals surface area (Å²) in [6, 6.07) is 18.3.